The van der Waals surface area contributed by atoms with Gasteiger partial charge in [-0.05, 0) is 0 Å². The van der Waals surface area contributed by atoms with Gasteiger partial charge in [0.1, 0.15) is 24.4 Å². The number of hydrogen-bond acceptors (Lipinski definition) is 5. The van der Waals surface area contributed by atoms with Crippen LogP contribution in [-0.2, 0) is 4.74 Å². The predicted octanol–water partition coefficient (Wildman–Crippen LogP) is -2.54. The third kappa shape index (κ3) is 2.11. The van der Waals surface area contributed by atoms with E-state index in [4.69, 9.17) is 20.4 Å². The van der Waals surface area contributed by atoms with E-state index in [9.17, 15) is 0 Å². The van der Waals surface area contributed by atoms with Crippen molar-refractivity contribution in [2.75, 3.05) is 13.2 Å². The molecule has 0 aromatic heterocycles. The van der Waals surface area contributed by atoms with Crippen LogP contribution in [0, 0.1) is 0 Å². The quantitative estimate of drug-likeness (QED) is 0.343. The highest BCUT2D eigenvalue weighted by Crippen LogP contribution is 2.17. The van der Waals surface area contributed by atoms with Gasteiger partial charge >= 0.3 is 0 Å². The maximum Gasteiger partial charge on any atom is 0.111 e. The molecule has 0 aromatic carbocycles. The molecule has 1 rings (SSSR count). The van der Waals surface area contributed by atoms with Crippen molar-refractivity contribution in [3.63, 3.8) is 0 Å². The van der Waals surface area contributed by atoms with Gasteiger partial charge in [0.05, 0.1) is 13.2 Å². The van der Waals surface area contributed by atoms with Gasteiger partial charge in [-0.25, -0.2) is 0 Å². The number of rotatable bonds is 4. The summed E-state index contributed by atoms with van der Waals surface area (Å²) in [5.41, 5.74) is 0. The molecule has 0 saturated carbocycles. The molecule has 4 N–H and O–H groups in total. The number of epoxide rings is 1. The molecule has 1 aliphatic heterocycles. The van der Waals surface area contributed by atoms with Crippen molar-refractivity contribution in [1.29, 1.82) is 0 Å². The summed E-state index contributed by atoms with van der Waals surface area (Å²) in [5, 5.41) is 35.4. The van der Waals surface area contributed by atoms with E-state index in [-0.39, 0.29) is 6.10 Å². The average Bonchev–Trinajstić information content (AvgIpc) is 2.82. The molecule has 0 unspecified atom stereocenters. The lowest BCUT2D eigenvalue weighted by molar-refractivity contribution is -0.0831. The maximum atomic E-state index is 9.11. The zero-order valence-corrected chi connectivity index (χ0v) is 5.92. The first-order valence-corrected chi connectivity index (χ1v) is 3.43. The second-order valence-corrected chi connectivity index (χ2v) is 2.60. The lowest BCUT2D eigenvalue weighted by atomic mass is 10.1. The number of ether oxygens (including phenoxy) is 1. The van der Waals surface area contributed by atoms with Gasteiger partial charge in [-0.1, -0.05) is 0 Å². The molecule has 1 saturated heterocycles. The predicted molar refractivity (Wildman–Crippen MR) is 34.8 cm³/mol. The van der Waals surface area contributed by atoms with Crippen LogP contribution in [0.25, 0.3) is 0 Å². The standard InChI is InChI=1S/C6H12O5/c7-1-3(8)5(9)6(10)4-2-11-4/h3-10H,1-2H2/t3-,4-,5+,6+/m0/s1. The Morgan fingerprint density at radius 3 is 2.27 bits per heavy atom. The minimum absolute atomic E-state index is 0.383. The molecule has 1 heterocycles. The van der Waals surface area contributed by atoms with Gasteiger partial charge in [0.15, 0.2) is 0 Å². The third-order valence-electron chi connectivity index (χ3n) is 1.67. The summed E-state index contributed by atoms with van der Waals surface area (Å²) in [4.78, 5) is 0. The molecule has 11 heavy (non-hydrogen) atoms. The summed E-state index contributed by atoms with van der Waals surface area (Å²) < 4.78 is 4.68. The van der Waals surface area contributed by atoms with Crippen LogP contribution in [0.3, 0.4) is 0 Å². The summed E-state index contributed by atoms with van der Waals surface area (Å²) in [7, 11) is 0. The Morgan fingerprint density at radius 1 is 1.36 bits per heavy atom. The highest BCUT2D eigenvalue weighted by atomic mass is 16.6. The molecule has 1 fully saturated rings. The molecule has 5 heteroatoms. The highest BCUT2D eigenvalue weighted by molar-refractivity contribution is 4.87. The number of aliphatic hydroxyl groups is 4. The normalized spacial score (nSPS) is 31.1. The number of hydrogen-bond donors (Lipinski definition) is 4. The van der Waals surface area contributed by atoms with Crippen LogP contribution in [-0.4, -0.2) is 58.1 Å². The Labute approximate surface area is 63.8 Å². The Kier molecular flexibility index (Phi) is 2.80. The molecule has 0 amide bonds. The van der Waals surface area contributed by atoms with E-state index < -0.39 is 24.9 Å². The molecule has 5 nitrogen and oxygen atoms in total. The largest absolute Gasteiger partial charge is 0.394 e. The minimum Gasteiger partial charge on any atom is -0.394 e. The molecule has 0 spiro atoms. The molecule has 66 valence electrons. The lowest BCUT2D eigenvalue weighted by Gasteiger charge is -2.19. The molecule has 1 aliphatic rings. The molecular weight excluding hydrogens is 152 g/mol. The van der Waals surface area contributed by atoms with Crippen LogP contribution >= 0.6 is 0 Å². The Bertz CT molecular complexity index is 124. The molecule has 0 aromatic rings. The van der Waals surface area contributed by atoms with E-state index in [0.29, 0.717) is 6.61 Å². The first-order chi connectivity index (χ1) is 5.16. The minimum atomic E-state index is -1.33. The van der Waals surface area contributed by atoms with Gasteiger partial charge in [0.25, 0.3) is 0 Å². The van der Waals surface area contributed by atoms with Crippen LogP contribution in [0.1, 0.15) is 0 Å². The Balaban J connectivity index is 2.31. The van der Waals surface area contributed by atoms with Gasteiger partial charge in [0, 0.05) is 0 Å². The van der Waals surface area contributed by atoms with E-state index in [0.717, 1.165) is 0 Å². The fourth-order valence-corrected chi connectivity index (χ4v) is 0.808. The van der Waals surface area contributed by atoms with E-state index in [1.165, 1.54) is 0 Å². The maximum absolute atomic E-state index is 9.11. The van der Waals surface area contributed by atoms with E-state index in [1.54, 1.807) is 0 Å². The highest BCUT2D eigenvalue weighted by Gasteiger charge is 2.38. The first-order valence-electron chi connectivity index (χ1n) is 3.43. The van der Waals surface area contributed by atoms with E-state index >= 15 is 0 Å². The van der Waals surface area contributed by atoms with Crippen molar-refractivity contribution in [3.8, 4) is 0 Å². The van der Waals surface area contributed by atoms with Crippen molar-refractivity contribution >= 4 is 0 Å². The Hall–Kier alpha value is -0.200. The molecule has 0 radical (unpaired) electrons. The zero-order chi connectivity index (χ0) is 8.43. The summed E-state index contributed by atoms with van der Waals surface area (Å²) >= 11 is 0. The fourth-order valence-electron chi connectivity index (χ4n) is 0.808. The van der Waals surface area contributed by atoms with Crippen LogP contribution in [0.2, 0.25) is 0 Å². The zero-order valence-electron chi connectivity index (χ0n) is 5.92. The van der Waals surface area contributed by atoms with Gasteiger partial charge in [-0.15, -0.1) is 0 Å². The van der Waals surface area contributed by atoms with Crippen molar-refractivity contribution in [3.05, 3.63) is 0 Å². The average molecular weight is 164 g/mol. The van der Waals surface area contributed by atoms with Crippen LogP contribution < -0.4 is 0 Å². The van der Waals surface area contributed by atoms with Gasteiger partial charge in [0.2, 0.25) is 0 Å². The SMILES string of the molecule is OC[C@H](O)[C@@H](O)[C@H](O)[C@@H]1CO1. The monoisotopic (exact) mass is 164 g/mol. The smallest absolute Gasteiger partial charge is 0.111 e. The van der Waals surface area contributed by atoms with Gasteiger partial charge in [-0.3, -0.25) is 0 Å². The van der Waals surface area contributed by atoms with Crippen LogP contribution in [0.15, 0.2) is 0 Å². The molecule has 0 aliphatic carbocycles. The topological polar surface area (TPSA) is 93.5 Å². The van der Waals surface area contributed by atoms with Gasteiger partial charge in [-0.2, -0.15) is 0 Å². The molecule has 0 bridgehead atoms. The summed E-state index contributed by atoms with van der Waals surface area (Å²) in [6, 6.07) is 0. The first kappa shape index (κ1) is 8.89. The third-order valence-corrected chi connectivity index (χ3v) is 1.67. The fraction of sp³-hybridized carbons (Fsp3) is 1.00. The Morgan fingerprint density at radius 2 is 1.91 bits per heavy atom. The summed E-state index contributed by atoms with van der Waals surface area (Å²) in [6.07, 6.45) is -4.11. The molecule has 4 atom stereocenters. The van der Waals surface area contributed by atoms with E-state index in [2.05, 4.69) is 4.74 Å². The van der Waals surface area contributed by atoms with Crippen molar-refractivity contribution in [2.24, 2.45) is 0 Å². The van der Waals surface area contributed by atoms with Crippen molar-refractivity contribution in [2.45, 2.75) is 24.4 Å². The summed E-state index contributed by atoms with van der Waals surface area (Å²) in [6.45, 7) is -0.165. The van der Waals surface area contributed by atoms with Crippen molar-refractivity contribution in [1.82, 2.24) is 0 Å². The summed E-state index contributed by atoms with van der Waals surface area (Å²) in [5.74, 6) is 0. The van der Waals surface area contributed by atoms with Gasteiger partial charge < -0.3 is 25.2 Å². The number of aliphatic hydroxyl groups excluding tert-OH is 4. The lowest BCUT2D eigenvalue weighted by Crippen LogP contribution is -2.42. The van der Waals surface area contributed by atoms with Crippen molar-refractivity contribution < 1.29 is 25.2 Å². The second-order valence-electron chi connectivity index (χ2n) is 2.60. The van der Waals surface area contributed by atoms with Crippen LogP contribution in [0.4, 0.5) is 0 Å². The van der Waals surface area contributed by atoms with Crippen LogP contribution in [0.5, 0.6) is 0 Å². The second kappa shape index (κ2) is 3.46. The van der Waals surface area contributed by atoms with E-state index in [1.807, 2.05) is 0 Å². The molecular formula is C6H12O5.